The van der Waals surface area contributed by atoms with Crippen molar-refractivity contribution in [3.05, 3.63) is 41.6 Å². The van der Waals surface area contributed by atoms with E-state index < -0.39 is 15.8 Å². The highest BCUT2D eigenvalue weighted by Gasteiger charge is 2.32. The van der Waals surface area contributed by atoms with Gasteiger partial charge < -0.3 is 15.0 Å². The lowest BCUT2D eigenvalue weighted by atomic mass is 10.2. The van der Waals surface area contributed by atoms with Gasteiger partial charge in [-0.1, -0.05) is 12.1 Å². The zero-order valence-corrected chi connectivity index (χ0v) is 16.3. The monoisotopic (exact) mass is 390 g/mol. The van der Waals surface area contributed by atoms with Gasteiger partial charge in [0, 0.05) is 24.8 Å². The van der Waals surface area contributed by atoms with Crippen molar-refractivity contribution in [2.75, 3.05) is 35.9 Å². The van der Waals surface area contributed by atoms with Crippen LogP contribution in [-0.4, -0.2) is 56.1 Å². The van der Waals surface area contributed by atoms with Crippen LogP contribution >= 0.6 is 0 Å². The number of rotatable bonds is 5. The van der Waals surface area contributed by atoms with Crippen LogP contribution in [0.3, 0.4) is 0 Å². The van der Waals surface area contributed by atoms with E-state index in [1.165, 1.54) is 7.11 Å². The number of methoxy groups -OCH3 is 1. The predicted octanol–water partition coefficient (Wildman–Crippen LogP) is 1.94. The first-order valence-electron chi connectivity index (χ1n) is 8.52. The molecule has 3 rings (SSSR count). The van der Waals surface area contributed by atoms with E-state index in [1.54, 1.807) is 42.3 Å². The minimum Gasteiger partial charge on any atom is -0.465 e. The lowest BCUT2D eigenvalue weighted by molar-refractivity contribution is 0.0602. The normalized spacial score (nSPS) is 18.1. The number of anilines is 3. The third kappa shape index (κ3) is 4.36. The fourth-order valence-corrected chi connectivity index (χ4v) is 4.81. The summed E-state index contributed by atoms with van der Waals surface area (Å²) < 4.78 is 28.3. The standard InChI is InChI=1S/C18H22N4O4S/c1-12-10-16(20-15-7-5-4-6-14(15)17(23)26-3)21-18(19-12)22(2)13-8-9-27(24,25)11-13/h4-7,10,13H,8-9,11H2,1-3H3,(H,19,20,21). The molecule has 0 amide bonds. The van der Waals surface area contributed by atoms with Gasteiger partial charge in [-0.15, -0.1) is 0 Å². The van der Waals surface area contributed by atoms with E-state index in [0.29, 0.717) is 29.4 Å². The molecule has 2 heterocycles. The molecule has 27 heavy (non-hydrogen) atoms. The van der Waals surface area contributed by atoms with Gasteiger partial charge in [0.1, 0.15) is 5.82 Å². The van der Waals surface area contributed by atoms with Crippen molar-refractivity contribution in [3.63, 3.8) is 0 Å². The van der Waals surface area contributed by atoms with Gasteiger partial charge in [-0.2, -0.15) is 4.98 Å². The fraction of sp³-hybridized carbons (Fsp3) is 0.389. The summed E-state index contributed by atoms with van der Waals surface area (Å²) in [5.74, 6) is 0.800. The van der Waals surface area contributed by atoms with E-state index in [-0.39, 0.29) is 17.5 Å². The van der Waals surface area contributed by atoms with Crippen molar-refractivity contribution in [1.82, 2.24) is 9.97 Å². The minimum absolute atomic E-state index is 0.106. The molecule has 1 aromatic heterocycles. The summed E-state index contributed by atoms with van der Waals surface area (Å²) >= 11 is 0. The molecule has 1 aliphatic rings. The number of esters is 1. The van der Waals surface area contributed by atoms with Gasteiger partial charge >= 0.3 is 5.97 Å². The molecular weight excluding hydrogens is 368 g/mol. The zero-order valence-electron chi connectivity index (χ0n) is 15.5. The Balaban J connectivity index is 1.88. The highest BCUT2D eigenvalue weighted by atomic mass is 32.2. The van der Waals surface area contributed by atoms with E-state index in [1.807, 2.05) is 6.92 Å². The Hall–Kier alpha value is -2.68. The highest BCUT2D eigenvalue weighted by Crippen LogP contribution is 2.24. The lowest BCUT2D eigenvalue weighted by Gasteiger charge is -2.24. The molecular formula is C18H22N4O4S. The van der Waals surface area contributed by atoms with Crippen LogP contribution in [0.5, 0.6) is 0 Å². The van der Waals surface area contributed by atoms with Crippen molar-refractivity contribution in [2.24, 2.45) is 0 Å². The van der Waals surface area contributed by atoms with Crippen LogP contribution in [0.25, 0.3) is 0 Å². The number of hydrogen-bond acceptors (Lipinski definition) is 8. The van der Waals surface area contributed by atoms with Crippen molar-refractivity contribution in [3.8, 4) is 0 Å². The second-order valence-electron chi connectivity index (χ2n) is 6.52. The van der Waals surface area contributed by atoms with E-state index in [0.717, 1.165) is 5.69 Å². The Morgan fingerprint density at radius 3 is 2.70 bits per heavy atom. The van der Waals surface area contributed by atoms with Gasteiger partial charge in [-0.25, -0.2) is 18.2 Å². The molecule has 1 unspecified atom stereocenters. The maximum absolute atomic E-state index is 11.9. The molecule has 8 nitrogen and oxygen atoms in total. The van der Waals surface area contributed by atoms with Gasteiger partial charge in [0.2, 0.25) is 5.95 Å². The Morgan fingerprint density at radius 1 is 1.30 bits per heavy atom. The van der Waals surface area contributed by atoms with Crippen LogP contribution in [0.2, 0.25) is 0 Å². The van der Waals surface area contributed by atoms with E-state index in [2.05, 4.69) is 15.3 Å². The number of sulfone groups is 1. The predicted molar refractivity (Wildman–Crippen MR) is 103 cm³/mol. The third-order valence-corrected chi connectivity index (χ3v) is 6.26. The summed E-state index contributed by atoms with van der Waals surface area (Å²) in [6, 6.07) is 8.60. The molecule has 0 aliphatic carbocycles. The second-order valence-corrected chi connectivity index (χ2v) is 8.75. The molecule has 1 atom stereocenters. The van der Waals surface area contributed by atoms with Crippen LogP contribution < -0.4 is 10.2 Å². The number of benzene rings is 1. The molecule has 144 valence electrons. The lowest BCUT2D eigenvalue weighted by Crippen LogP contribution is -2.34. The third-order valence-electron chi connectivity index (χ3n) is 4.51. The first kappa shape index (κ1) is 19.1. The van der Waals surface area contributed by atoms with Gasteiger partial charge in [0.25, 0.3) is 0 Å². The molecule has 9 heteroatoms. The molecule has 0 bridgehead atoms. The van der Waals surface area contributed by atoms with Crippen LogP contribution in [0, 0.1) is 6.92 Å². The van der Waals surface area contributed by atoms with Crippen molar-refractivity contribution >= 4 is 33.3 Å². The van der Waals surface area contributed by atoms with E-state index >= 15 is 0 Å². The van der Waals surface area contributed by atoms with Crippen LogP contribution in [0.15, 0.2) is 30.3 Å². The Bertz CT molecular complexity index is 962. The molecule has 1 N–H and O–H groups in total. The number of carbonyl (C=O) groups is 1. The fourth-order valence-electron chi connectivity index (χ4n) is 3.04. The molecule has 1 aromatic carbocycles. The molecule has 0 spiro atoms. The van der Waals surface area contributed by atoms with Crippen molar-refractivity contribution in [2.45, 2.75) is 19.4 Å². The van der Waals surface area contributed by atoms with E-state index in [4.69, 9.17) is 4.74 Å². The topological polar surface area (TPSA) is 101 Å². The molecule has 0 saturated carbocycles. The average molecular weight is 390 g/mol. The van der Waals surface area contributed by atoms with Gasteiger partial charge in [-0.05, 0) is 25.5 Å². The summed E-state index contributed by atoms with van der Waals surface area (Å²) in [4.78, 5) is 22.7. The van der Waals surface area contributed by atoms with Crippen LogP contribution in [-0.2, 0) is 14.6 Å². The Kier molecular flexibility index (Phi) is 5.31. The molecule has 2 aromatic rings. The molecule has 1 fully saturated rings. The maximum atomic E-state index is 11.9. The summed E-state index contributed by atoms with van der Waals surface area (Å²) in [6.07, 6.45) is 0.560. The molecule has 1 aliphatic heterocycles. The first-order valence-corrected chi connectivity index (χ1v) is 10.3. The molecule has 1 saturated heterocycles. The minimum atomic E-state index is -3.00. The van der Waals surface area contributed by atoms with Gasteiger partial charge in [-0.3, -0.25) is 0 Å². The zero-order chi connectivity index (χ0) is 19.6. The van der Waals surface area contributed by atoms with Crippen LogP contribution in [0.1, 0.15) is 22.5 Å². The second kappa shape index (κ2) is 7.51. The smallest absolute Gasteiger partial charge is 0.339 e. The van der Waals surface area contributed by atoms with Crippen LogP contribution in [0.4, 0.5) is 17.5 Å². The summed E-state index contributed by atoms with van der Waals surface area (Å²) in [5.41, 5.74) is 1.69. The van der Waals surface area contributed by atoms with Crippen molar-refractivity contribution in [1.29, 1.82) is 0 Å². The number of aromatic nitrogens is 2. The number of aryl methyl sites for hydroxylation is 1. The number of nitrogens with one attached hydrogen (secondary N) is 1. The van der Waals surface area contributed by atoms with Gasteiger partial charge in [0.05, 0.1) is 29.9 Å². The highest BCUT2D eigenvalue weighted by molar-refractivity contribution is 7.91. The largest absolute Gasteiger partial charge is 0.465 e. The maximum Gasteiger partial charge on any atom is 0.339 e. The van der Waals surface area contributed by atoms with Crippen molar-refractivity contribution < 1.29 is 17.9 Å². The SMILES string of the molecule is COC(=O)c1ccccc1Nc1cc(C)nc(N(C)C2CCS(=O)(=O)C2)n1. The first-order chi connectivity index (χ1) is 12.8. The summed E-state index contributed by atoms with van der Waals surface area (Å²) in [5, 5.41) is 3.13. The number of ether oxygens (including phenoxy) is 1. The number of carbonyl (C=O) groups excluding carboxylic acids is 1. The summed E-state index contributed by atoms with van der Waals surface area (Å²) in [7, 11) is 0.129. The molecule has 0 radical (unpaired) electrons. The number of hydrogen-bond donors (Lipinski definition) is 1. The quantitative estimate of drug-likeness (QED) is 0.773. The Labute approximate surface area is 158 Å². The van der Waals surface area contributed by atoms with E-state index in [9.17, 15) is 13.2 Å². The Morgan fingerprint density at radius 2 is 2.04 bits per heavy atom. The number of nitrogens with zero attached hydrogens (tertiary/aromatic N) is 3. The average Bonchev–Trinajstić information content (AvgIpc) is 3.00. The summed E-state index contributed by atoms with van der Waals surface area (Å²) in [6.45, 7) is 1.84. The van der Waals surface area contributed by atoms with Gasteiger partial charge in [0.15, 0.2) is 9.84 Å². The number of para-hydroxylation sites is 1.